The lowest BCUT2D eigenvalue weighted by molar-refractivity contribution is -0.151. The number of nitrogens with one attached hydrogen (secondary N) is 1. The number of carbonyl (C=O) groups excluding carboxylic acids is 4. The molecule has 2 unspecified atom stereocenters. The van der Waals surface area contributed by atoms with Crippen molar-refractivity contribution in [2.24, 2.45) is 0 Å². The minimum Gasteiger partial charge on any atom is -0.466 e. The minimum atomic E-state index is -5.58. The molecule has 23 heteroatoms. The largest absolute Gasteiger partial charge is 0.472 e. The average molecular weight is 746 g/mol. The van der Waals surface area contributed by atoms with E-state index in [0.29, 0.717) is 0 Å². The highest BCUT2D eigenvalue weighted by atomic mass is 31.2. The third kappa shape index (κ3) is 20.5. The van der Waals surface area contributed by atoms with Crippen LogP contribution in [-0.4, -0.2) is 117 Å². The van der Waals surface area contributed by atoms with E-state index in [4.69, 9.17) is 47.6 Å². The number of aliphatic hydroxyl groups is 1. The first-order chi connectivity index (χ1) is 21.8. The summed E-state index contributed by atoms with van der Waals surface area (Å²) in [5, 5.41) is 8.47. The smallest absolute Gasteiger partial charge is 0.466 e. The molecule has 0 saturated carbocycles. The summed E-state index contributed by atoms with van der Waals surface area (Å²) in [7, 11) is -15.6. The summed E-state index contributed by atoms with van der Waals surface area (Å²) >= 11 is 0. The zero-order chi connectivity index (χ0) is 36.2. The molecule has 0 rings (SSSR count). The Kier molecular flexibility index (Phi) is 22.1. The molecular formula is C24H46NO19P3. The van der Waals surface area contributed by atoms with Crippen LogP contribution >= 0.6 is 23.0 Å². The molecule has 0 bridgehead atoms. The standard InChI is InChI=1S/C24H46NO19P3/c1-3-22(28)41-13-8-20(44-23(29)4-2)9-14-43-47(37,38)42-12-5-7-19(26)17-39-15-16-40-18-21(27)25-11-6-10-24(30,45(31,32)33)46(34,35)36/h20,30H,3-18H2,1-2H3,(H,25,27)(H,37,38)(H2,31,32,33)(H2,34,35,36). The Hall–Kier alpha value is -1.63. The number of hydrogen-bond donors (Lipinski definition) is 7. The van der Waals surface area contributed by atoms with Gasteiger partial charge in [0.15, 0.2) is 5.78 Å². The number of carbonyl (C=O) groups is 4. The maximum Gasteiger partial charge on any atom is 0.472 e. The second-order valence-electron chi connectivity index (χ2n) is 9.82. The normalized spacial score (nSPS) is 14.2. The van der Waals surface area contributed by atoms with Gasteiger partial charge in [0, 0.05) is 45.1 Å². The molecule has 0 aliphatic rings. The van der Waals surface area contributed by atoms with E-state index < -0.39 is 65.1 Å². The van der Waals surface area contributed by atoms with Gasteiger partial charge < -0.3 is 53.8 Å². The molecule has 0 fully saturated rings. The van der Waals surface area contributed by atoms with E-state index in [2.05, 4.69) is 5.32 Å². The molecule has 276 valence electrons. The van der Waals surface area contributed by atoms with Crippen molar-refractivity contribution in [3.63, 3.8) is 0 Å². The third-order valence-electron chi connectivity index (χ3n) is 5.94. The van der Waals surface area contributed by atoms with Crippen molar-refractivity contribution in [3.05, 3.63) is 0 Å². The predicted octanol–water partition coefficient (Wildman–Crippen LogP) is 0.456. The van der Waals surface area contributed by atoms with Crippen LogP contribution in [0.4, 0.5) is 0 Å². The van der Waals surface area contributed by atoms with Gasteiger partial charge in [0.1, 0.15) is 19.3 Å². The Morgan fingerprint density at radius 1 is 0.745 bits per heavy atom. The fourth-order valence-corrected chi connectivity index (χ4v) is 6.36. The summed E-state index contributed by atoms with van der Waals surface area (Å²) in [5.41, 5.74) is 0. The van der Waals surface area contributed by atoms with Crippen molar-refractivity contribution in [2.75, 3.05) is 52.8 Å². The number of esters is 2. The Morgan fingerprint density at radius 3 is 1.87 bits per heavy atom. The summed E-state index contributed by atoms with van der Waals surface area (Å²) in [6.07, 6.45) is -1.51. The van der Waals surface area contributed by atoms with Crippen molar-refractivity contribution < 1.29 is 90.4 Å². The van der Waals surface area contributed by atoms with Gasteiger partial charge in [-0.15, -0.1) is 0 Å². The molecule has 20 nitrogen and oxygen atoms in total. The van der Waals surface area contributed by atoms with Gasteiger partial charge in [0.2, 0.25) is 5.91 Å². The molecule has 0 aliphatic heterocycles. The molecule has 0 spiro atoms. The SMILES string of the molecule is CCC(=O)OCCC(CCOP(=O)(O)OCCCC(=O)COCCOCC(=O)NCCCC(O)(P(=O)(O)O)P(=O)(O)O)OC(=O)CC. The van der Waals surface area contributed by atoms with E-state index in [1.807, 2.05) is 0 Å². The molecule has 47 heavy (non-hydrogen) atoms. The summed E-state index contributed by atoms with van der Waals surface area (Å²) in [5.74, 6) is -1.94. The molecular weight excluding hydrogens is 699 g/mol. The number of Topliss-reactive ketones (excluding diaryl/α,β-unsaturated/α-hetero) is 1. The maximum absolute atomic E-state index is 12.1. The van der Waals surface area contributed by atoms with Crippen LogP contribution in [0.3, 0.4) is 0 Å². The first kappa shape index (κ1) is 45.4. The first-order valence-corrected chi connectivity index (χ1v) is 19.2. The van der Waals surface area contributed by atoms with Crippen LogP contribution in [-0.2, 0) is 60.9 Å². The lowest BCUT2D eigenvalue weighted by atomic mass is 10.2. The van der Waals surface area contributed by atoms with Crippen LogP contribution in [0, 0.1) is 0 Å². The zero-order valence-corrected chi connectivity index (χ0v) is 28.9. The molecule has 0 radical (unpaired) electrons. The molecule has 0 heterocycles. The van der Waals surface area contributed by atoms with Crippen LogP contribution < -0.4 is 5.32 Å². The molecule has 0 aromatic carbocycles. The summed E-state index contributed by atoms with van der Waals surface area (Å²) in [4.78, 5) is 92.6. The van der Waals surface area contributed by atoms with E-state index in [0.717, 1.165) is 0 Å². The fraction of sp³-hybridized carbons (Fsp3) is 0.833. The molecule has 0 aromatic rings. The van der Waals surface area contributed by atoms with E-state index in [-0.39, 0.29) is 96.9 Å². The van der Waals surface area contributed by atoms with Gasteiger partial charge in [0.25, 0.3) is 5.08 Å². The zero-order valence-electron chi connectivity index (χ0n) is 26.2. The summed E-state index contributed by atoms with van der Waals surface area (Å²) in [6.45, 7) is 1.45. The second kappa shape index (κ2) is 22.9. The van der Waals surface area contributed by atoms with Gasteiger partial charge in [-0.1, -0.05) is 13.8 Å². The van der Waals surface area contributed by atoms with Crippen molar-refractivity contribution in [3.8, 4) is 0 Å². The number of rotatable bonds is 28. The van der Waals surface area contributed by atoms with Crippen LogP contribution in [0.25, 0.3) is 0 Å². The quantitative estimate of drug-likeness (QED) is 0.0325. The van der Waals surface area contributed by atoms with Gasteiger partial charge in [0.05, 0.1) is 33.0 Å². The van der Waals surface area contributed by atoms with E-state index in [1.165, 1.54) is 0 Å². The Bertz CT molecular complexity index is 1100. The maximum atomic E-state index is 12.1. The van der Waals surface area contributed by atoms with Crippen molar-refractivity contribution in [2.45, 2.75) is 76.4 Å². The van der Waals surface area contributed by atoms with Crippen LogP contribution in [0.15, 0.2) is 0 Å². The number of ether oxygens (including phenoxy) is 4. The van der Waals surface area contributed by atoms with E-state index >= 15 is 0 Å². The van der Waals surface area contributed by atoms with Gasteiger partial charge in [-0.3, -0.25) is 37.4 Å². The Balaban J connectivity index is 4.10. The Labute approximate surface area is 271 Å². The van der Waals surface area contributed by atoms with Gasteiger partial charge in [-0.25, -0.2) is 4.57 Å². The third-order valence-corrected chi connectivity index (χ3v) is 10.8. The Morgan fingerprint density at radius 2 is 1.30 bits per heavy atom. The molecule has 1 amide bonds. The summed E-state index contributed by atoms with van der Waals surface area (Å²) < 4.78 is 64.7. The van der Waals surface area contributed by atoms with E-state index in [1.54, 1.807) is 13.8 Å². The molecule has 0 aliphatic carbocycles. The van der Waals surface area contributed by atoms with Crippen molar-refractivity contribution in [1.29, 1.82) is 0 Å². The van der Waals surface area contributed by atoms with Gasteiger partial charge in [-0.05, 0) is 12.8 Å². The average Bonchev–Trinajstić information content (AvgIpc) is 2.97. The number of hydrogen-bond acceptors (Lipinski definition) is 14. The van der Waals surface area contributed by atoms with Crippen LogP contribution in [0.5, 0.6) is 0 Å². The highest BCUT2D eigenvalue weighted by Gasteiger charge is 2.58. The van der Waals surface area contributed by atoms with Crippen molar-refractivity contribution in [1.82, 2.24) is 5.32 Å². The molecule has 0 aromatic heterocycles. The van der Waals surface area contributed by atoms with Crippen LogP contribution in [0.1, 0.15) is 65.2 Å². The highest BCUT2D eigenvalue weighted by Crippen LogP contribution is 2.69. The molecule has 0 saturated heterocycles. The highest BCUT2D eigenvalue weighted by molar-refractivity contribution is 7.72. The topological polar surface area (TPSA) is 308 Å². The minimum absolute atomic E-state index is 0.00226. The van der Waals surface area contributed by atoms with Gasteiger partial charge in [-0.2, -0.15) is 0 Å². The number of phosphoric acid groups is 1. The lowest BCUT2D eigenvalue weighted by Gasteiger charge is -2.29. The van der Waals surface area contributed by atoms with Crippen molar-refractivity contribution >= 4 is 46.6 Å². The molecule has 7 N–H and O–H groups in total. The second-order valence-corrected chi connectivity index (χ2v) is 15.3. The fourth-order valence-electron chi connectivity index (χ4n) is 3.33. The lowest BCUT2D eigenvalue weighted by Crippen LogP contribution is -2.32. The summed E-state index contributed by atoms with van der Waals surface area (Å²) in [6, 6.07) is 0. The van der Waals surface area contributed by atoms with Crippen LogP contribution in [0.2, 0.25) is 0 Å². The number of phosphoric ester groups is 1. The predicted molar refractivity (Wildman–Crippen MR) is 160 cm³/mol. The number of ketones is 1. The molecule has 2 atom stereocenters. The van der Waals surface area contributed by atoms with Gasteiger partial charge >= 0.3 is 35.0 Å². The first-order valence-electron chi connectivity index (χ1n) is 14.5. The van der Waals surface area contributed by atoms with E-state index in [9.17, 15) is 42.9 Å². The monoisotopic (exact) mass is 745 g/mol. The number of amides is 1.